The number of carbonyl (C=O) groups is 1. The molecule has 0 saturated carbocycles. The Morgan fingerprint density at radius 3 is 2.90 bits per heavy atom. The molecule has 162 valence electrons. The van der Waals surface area contributed by atoms with Crippen LogP contribution in [0.2, 0.25) is 0 Å². The Morgan fingerprint density at radius 2 is 2.13 bits per heavy atom. The average Bonchev–Trinajstić information content (AvgIpc) is 3.15. The van der Waals surface area contributed by atoms with Gasteiger partial charge in [-0.2, -0.15) is 0 Å². The number of piperidine rings is 1. The predicted octanol–water partition coefficient (Wildman–Crippen LogP) is 3.94. The van der Waals surface area contributed by atoms with E-state index < -0.39 is 0 Å². The van der Waals surface area contributed by atoms with Gasteiger partial charge in [-0.25, -0.2) is 0 Å². The predicted molar refractivity (Wildman–Crippen MR) is 124 cm³/mol. The summed E-state index contributed by atoms with van der Waals surface area (Å²) in [5.74, 6) is 0.628. The van der Waals surface area contributed by atoms with Crippen molar-refractivity contribution in [3.63, 3.8) is 0 Å². The van der Waals surface area contributed by atoms with Crippen LogP contribution in [0.4, 0.5) is 0 Å². The zero-order valence-electron chi connectivity index (χ0n) is 18.7. The van der Waals surface area contributed by atoms with E-state index >= 15 is 0 Å². The largest absolute Gasteiger partial charge is 0.355 e. The van der Waals surface area contributed by atoms with Crippen LogP contribution in [0.1, 0.15) is 48.9 Å². The number of fused-ring (bicyclic) bond motifs is 2. The van der Waals surface area contributed by atoms with Crippen LogP contribution in [0.15, 0.2) is 48.9 Å². The molecule has 1 unspecified atom stereocenters. The molecule has 1 aliphatic carbocycles. The van der Waals surface area contributed by atoms with Gasteiger partial charge in [-0.15, -0.1) is 0 Å². The van der Waals surface area contributed by atoms with Gasteiger partial charge in [0.05, 0.1) is 5.92 Å². The molecule has 1 amide bonds. The zero-order valence-corrected chi connectivity index (χ0v) is 18.7. The molecule has 3 atom stereocenters. The molecule has 3 heterocycles. The minimum Gasteiger partial charge on any atom is -0.355 e. The second kappa shape index (κ2) is 8.12. The van der Waals surface area contributed by atoms with E-state index in [9.17, 15) is 4.79 Å². The number of amides is 1. The fourth-order valence-corrected chi connectivity index (χ4v) is 5.71. The highest BCUT2D eigenvalue weighted by molar-refractivity contribution is 5.89. The van der Waals surface area contributed by atoms with Crippen molar-refractivity contribution in [3.05, 3.63) is 65.6 Å². The number of likely N-dealkylation sites (tertiary alicyclic amines) is 1. The minimum atomic E-state index is 0.0316. The van der Waals surface area contributed by atoms with E-state index in [0.717, 1.165) is 31.4 Å². The molecular weight excluding hydrogens is 384 g/mol. The Bertz CT molecular complexity index is 1090. The number of nitrogens with zero attached hydrogens (tertiary/aromatic N) is 3. The quantitative estimate of drug-likeness (QED) is 0.686. The summed E-state index contributed by atoms with van der Waals surface area (Å²) in [4.78, 5) is 19.6. The average molecular weight is 417 g/mol. The highest BCUT2D eigenvalue weighted by atomic mass is 16.1. The van der Waals surface area contributed by atoms with Crippen LogP contribution < -0.4 is 5.32 Å². The number of likely N-dealkylation sites (N-methyl/N-ethyl adjacent to an activating group) is 1. The zero-order chi connectivity index (χ0) is 21.5. The first-order chi connectivity index (χ1) is 15.0. The van der Waals surface area contributed by atoms with Crippen molar-refractivity contribution >= 4 is 16.8 Å². The number of benzene rings is 1. The van der Waals surface area contributed by atoms with Crippen LogP contribution in [0.25, 0.3) is 10.9 Å². The third kappa shape index (κ3) is 3.65. The Morgan fingerprint density at radius 1 is 1.26 bits per heavy atom. The van der Waals surface area contributed by atoms with Gasteiger partial charge < -0.3 is 14.8 Å². The van der Waals surface area contributed by atoms with E-state index in [0.29, 0.717) is 24.5 Å². The number of carbonyl (C=O) groups excluding carboxylic acids is 1. The molecule has 31 heavy (non-hydrogen) atoms. The Balaban J connectivity index is 1.35. The van der Waals surface area contributed by atoms with Gasteiger partial charge in [-0.1, -0.05) is 18.2 Å². The summed E-state index contributed by atoms with van der Waals surface area (Å²) in [6.45, 7) is 5.99. The maximum atomic E-state index is 13.0. The van der Waals surface area contributed by atoms with E-state index in [2.05, 4.69) is 71.1 Å². The minimum absolute atomic E-state index is 0.0316. The Kier molecular flexibility index (Phi) is 5.30. The molecule has 1 fully saturated rings. The smallest absolute Gasteiger partial charge is 0.224 e. The number of nitrogens with one attached hydrogen (secondary N) is 1. The van der Waals surface area contributed by atoms with Crippen LogP contribution in [0.3, 0.4) is 0 Å². The van der Waals surface area contributed by atoms with Crippen LogP contribution in [0, 0.1) is 5.92 Å². The van der Waals surface area contributed by atoms with Crippen molar-refractivity contribution in [2.24, 2.45) is 5.92 Å². The fourth-order valence-electron chi connectivity index (χ4n) is 5.71. The van der Waals surface area contributed by atoms with Crippen molar-refractivity contribution in [1.29, 1.82) is 0 Å². The second-order valence-corrected chi connectivity index (χ2v) is 9.55. The van der Waals surface area contributed by atoms with E-state index in [1.54, 1.807) is 6.20 Å². The second-order valence-electron chi connectivity index (χ2n) is 9.55. The van der Waals surface area contributed by atoms with Crippen molar-refractivity contribution < 1.29 is 4.79 Å². The van der Waals surface area contributed by atoms with Gasteiger partial charge in [0.1, 0.15) is 0 Å². The van der Waals surface area contributed by atoms with Crippen LogP contribution in [-0.4, -0.2) is 46.5 Å². The summed E-state index contributed by atoms with van der Waals surface area (Å²) >= 11 is 0. The number of pyridine rings is 1. The monoisotopic (exact) mass is 416 g/mol. The lowest BCUT2D eigenvalue weighted by Crippen LogP contribution is -2.51. The lowest BCUT2D eigenvalue weighted by Gasteiger charge is -2.45. The van der Waals surface area contributed by atoms with Gasteiger partial charge in [0.25, 0.3) is 0 Å². The maximum Gasteiger partial charge on any atom is 0.224 e. The van der Waals surface area contributed by atoms with Gasteiger partial charge in [-0.3, -0.25) is 9.78 Å². The molecule has 5 heteroatoms. The van der Waals surface area contributed by atoms with Gasteiger partial charge in [-0.05, 0) is 69.0 Å². The standard InChI is InChI=1S/C26H32N4O/c1-17(2)30-16-19-13-24-22(21-7-4-8-23(30)25(19)21)12-20(15-29(24)3)26(31)28-11-9-18-6-5-10-27-14-18/h4-8,10,14,16-17,20,22,24H,9,11-13,15H2,1-3H3,(H,28,31)/t20?,22-,24-/m1/s1. The van der Waals surface area contributed by atoms with Crippen molar-refractivity contribution in [3.8, 4) is 0 Å². The molecule has 3 aromatic rings. The number of hydrogen-bond acceptors (Lipinski definition) is 3. The molecular formula is C26H32N4O. The van der Waals surface area contributed by atoms with Gasteiger partial charge >= 0.3 is 0 Å². The lowest BCUT2D eigenvalue weighted by molar-refractivity contribution is -0.127. The third-order valence-electron chi connectivity index (χ3n) is 7.24. The third-order valence-corrected chi connectivity index (χ3v) is 7.24. The summed E-state index contributed by atoms with van der Waals surface area (Å²) in [5.41, 5.74) is 5.39. The number of hydrogen-bond donors (Lipinski definition) is 1. The molecule has 1 saturated heterocycles. The first kappa shape index (κ1) is 20.3. The Hall–Kier alpha value is -2.66. The molecule has 0 radical (unpaired) electrons. The SMILES string of the molecule is CC(C)n1cc2c3c(cccc31)[C@H]1CC(C(=O)NCCc3cccnc3)CN(C)[C@@H]1C2. The van der Waals surface area contributed by atoms with Crippen molar-refractivity contribution in [1.82, 2.24) is 19.8 Å². The first-order valence-electron chi connectivity index (χ1n) is 11.5. The van der Waals surface area contributed by atoms with Crippen molar-refractivity contribution in [2.75, 3.05) is 20.1 Å². The van der Waals surface area contributed by atoms with Crippen molar-refractivity contribution in [2.45, 2.75) is 51.1 Å². The molecule has 1 aliphatic heterocycles. The molecule has 1 aromatic carbocycles. The fraction of sp³-hybridized carbons (Fsp3) is 0.462. The highest BCUT2D eigenvalue weighted by Gasteiger charge is 2.41. The summed E-state index contributed by atoms with van der Waals surface area (Å²) in [6.07, 6.45) is 8.83. The topological polar surface area (TPSA) is 50.2 Å². The molecule has 2 aromatic heterocycles. The van der Waals surface area contributed by atoms with E-state index in [-0.39, 0.29) is 11.8 Å². The lowest BCUT2D eigenvalue weighted by atomic mass is 9.72. The number of rotatable bonds is 5. The highest BCUT2D eigenvalue weighted by Crippen LogP contribution is 2.45. The van der Waals surface area contributed by atoms with Crippen LogP contribution in [0.5, 0.6) is 0 Å². The summed E-state index contributed by atoms with van der Waals surface area (Å²) in [5, 5.41) is 4.62. The number of aromatic nitrogens is 2. The Labute approximate surface area is 184 Å². The summed E-state index contributed by atoms with van der Waals surface area (Å²) in [6, 6.07) is 11.7. The van der Waals surface area contributed by atoms with E-state index in [1.807, 2.05) is 12.3 Å². The molecule has 1 N–H and O–H groups in total. The molecule has 5 nitrogen and oxygen atoms in total. The summed E-state index contributed by atoms with van der Waals surface area (Å²) in [7, 11) is 2.19. The first-order valence-corrected chi connectivity index (χ1v) is 11.5. The van der Waals surface area contributed by atoms with Gasteiger partial charge in [0, 0.05) is 60.6 Å². The molecule has 0 spiro atoms. The van der Waals surface area contributed by atoms with Crippen LogP contribution in [-0.2, 0) is 17.6 Å². The summed E-state index contributed by atoms with van der Waals surface area (Å²) < 4.78 is 2.41. The van der Waals surface area contributed by atoms with Gasteiger partial charge in [0.15, 0.2) is 0 Å². The van der Waals surface area contributed by atoms with Crippen LogP contribution >= 0.6 is 0 Å². The van der Waals surface area contributed by atoms with E-state index in [1.165, 1.54) is 22.0 Å². The molecule has 0 bridgehead atoms. The normalized spacial score (nSPS) is 23.2. The van der Waals surface area contributed by atoms with Gasteiger partial charge in [0.2, 0.25) is 5.91 Å². The van der Waals surface area contributed by atoms with E-state index in [4.69, 9.17) is 0 Å². The molecule has 5 rings (SSSR count). The molecule has 2 aliphatic rings. The maximum absolute atomic E-state index is 13.0.